The van der Waals surface area contributed by atoms with Crippen LogP contribution in [0.5, 0.6) is 0 Å². The molecule has 16 heavy (non-hydrogen) atoms. The van der Waals surface area contributed by atoms with Crippen molar-refractivity contribution in [3.8, 4) is 5.82 Å². The average Bonchev–Trinajstić information content (AvgIpc) is 2.77. The molecule has 0 radical (unpaired) electrons. The number of ether oxygens (including phenoxy) is 1. The van der Waals surface area contributed by atoms with Gasteiger partial charge in [0.15, 0.2) is 11.5 Å². The lowest BCUT2D eigenvalue weighted by atomic mass is 10.4. The third-order valence-corrected chi connectivity index (χ3v) is 2.42. The van der Waals surface area contributed by atoms with Gasteiger partial charge in [-0.2, -0.15) is 5.10 Å². The van der Waals surface area contributed by atoms with Crippen molar-refractivity contribution in [2.45, 2.75) is 0 Å². The summed E-state index contributed by atoms with van der Waals surface area (Å²) in [5.74, 6) is 0.165. The van der Waals surface area contributed by atoms with E-state index in [1.165, 1.54) is 11.8 Å². The molecule has 2 aromatic heterocycles. The second-order valence-electron chi connectivity index (χ2n) is 2.97. The minimum absolute atomic E-state index is 0.254. The maximum Gasteiger partial charge on any atom is 0.358 e. The molecule has 0 aliphatic rings. The summed E-state index contributed by atoms with van der Waals surface area (Å²) in [6.45, 7) is 0. The van der Waals surface area contributed by atoms with Gasteiger partial charge in [0, 0.05) is 16.9 Å². The molecule has 5 nitrogen and oxygen atoms in total. The van der Waals surface area contributed by atoms with Crippen LogP contribution in [-0.2, 0) is 4.74 Å². The lowest BCUT2D eigenvalue weighted by molar-refractivity contribution is 0.0593. The molecule has 0 aromatic carbocycles. The molecule has 0 atom stereocenters. The monoisotopic (exact) mass is 281 g/mol. The number of pyridine rings is 1. The van der Waals surface area contributed by atoms with Crippen molar-refractivity contribution in [2.75, 3.05) is 7.11 Å². The molecule has 0 saturated heterocycles. The fraction of sp³-hybridized carbons (Fsp3) is 0.100. The topological polar surface area (TPSA) is 57.0 Å². The van der Waals surface area contributed by atoms with E-state index >= 15 is 0 Å². The van der Waals surface area contributed by atoms with Crippen LogP contribution in [0, 0.1) is 0 Å². The summed E-state index contributed by atoms with van der Waals surface area (Å²) >= 11 is 3.34. The Morgan fingerprint density at radius 1 is 1.50 bits per heavy atom. The number of esters is 1. The number of halogens is 1. The molecule has 0 saturated carbocycles. The van der Waals surface area contributed by atoms with E-state index in [0.717, 1.165) is 4.47 Å². The van der Waals surface area contributed by atoms with E-state index in [-0.39, 0.29) is 5.69 Å². The third-order valence-electron chi connectivity index (χ3n) is 1.93. The number of carbonyl (C=O) groups is 1. The summed E-state index contributed by atoms with van der Waals surface area (Å²) in [6.07, 6.45) is 3.31. The summed E-state index contributed by atoms with van der Waals surface area (Å²) in [4.78, 5) is 15.3. The standard InChI is InChI=1S/C10H8BrN3O2/c1-16-10(15)8-3-5-14(13-8)9-6-7(11)2-4-12-9/h2-6H,1H3. The predicted octanol–water partition coefficient (Wildman–Crippen LogP) is 1.82. The van der Waals surface area contributed by atoms with Crippen molar-refractivity contribution < 1.29 is 9.53 Å². The van der Waals surface area contributed by atoms with Crippen molar-refractivity contribution in [3.63, 3.8) is 0 Å². The first kappa shape index (κ1) is 10.8. The van der Waals surface area contributed by atoms with Gasteiger partial charge in [-0.3, -0.25) is 0 Å². The Bertz CT molecular complexity index is 524. The van der Waals surface area contributed by atoms with Crippen LogP contribution in [0.1, 0.15) is 10.5 Å². The largest absolute Gasteiger partial charge is 0.464 e. The van der Waals surface area contributed by atoms with Gasteiger partial charge in [0.25, 0.3) is 0 Å². The molecule has 0 fully saturated rings. The molecule has 2 rings (SSSR count). The Hall–Kier alpha value is -1.69. The van der Waals surface area contributed by atoms with Crippen molar-refractivity contribution in [1.29, 1.82) is 0 Å². The summed E-state index contributed by atoms with van der Waals surface area (Å²) < 4.78 is 6.97. The fourth-order valence-corrected chi connectivity index (χ4v) is 1.51. The van der Waals surface area contributed by atoms with Crippen LogP contribution in [0.3, 0.4) is 0 Å². The number of hydrogen-bond donors (Lipinski definition) is 0. The fourth-order valence-electron chi connectivity index (χ4n) is 1.18. The molecule has 0 unspecified atom stereocenters. The van der Waals surface area contributed by atoms with Crippen molar-refractivity contribution in [2.24, 2.45) is 0 Å². The molecule has 0 aliphatic carbocycles. The normalized spacial score (nSPS) is 10.1. The van der Waals surface area contributed by atoms with Gasteiger partial charge in [-0.15, -0.1) is 0 Å². The predicted molar refractivity (Wildman–Crippen MR) is 60.4 cm³/mol. The van der Waals surface area contributed by atoms with Crippen LogP contribution >= 0.6 is 15.9 Å². The van der Waals surface area contributed by atoms with E-state index in [4.69, 9.17) is 0 Å². The number of hydrogen-bond acceptors (Lipinski definition) is 4. The van der Waals surface area contributed by atoms with Crippen LogP contribution in [-0.4, -0.2) is 27.8 Å². The van der Waals surface area contributed by atoms with Crippen LogP contribution in [0.15, 0.2) is 35.1 Å². The highest BCUT2D eigenvalue weighted by atomic mass is 79.9. The molecule has 2 aromatic rings. The van der Waals surface area contributed by atoms with Gasteiger partial charge >= 0.3 is 5.97 Å². The Morgan fingerprint density at radius 3 is 3.00 bits per heavy atom. The maximum atomic E-state index is 11.2. The molecule has 82 valence electrons. The Balaban J connectivity index is 2.35. The number of nitrogens with zero attached hydrogens (tertiary/aromatic N) is 3. The van der Waals surface area contributed by atoms with Gasteiger partial charge in [0.2, 0.25) is 0 Å². The van der Waals surface area contributed by atoms with E-state index in [2.05, 4.69) is 30.7 Å². The van der Waals surface area contributed by atoms with Crippen LogP contribution in [0.2, 0.25) is 0 Å². The SMILES string of the molecule is COC(=O)c1ccn(-c2cc(Br)ccn2)n1. The lowest BCUT2D eigenvalue weighted by Crippen LogP contribution is -2.04. The zero-order valence-electron chi connectivity index (χ0n) is 8.42. The highest BCUT2D eigenvalue weighted by Crippen LogP contribution is 2.12. The smallest absolute Gasteiger partial charge is 0.358 e. The summed E-state index contributed by atoms with van der Waals surface area (Å²) in [5.41, 5.74) is 0.254. The second kappa shape index (κ2) is 4.44. The van der Waals surface area contributed by atoms with Crippen LogP contribution < -0.4 is 0 Å². The molecule has 0 spiro atoms. The van der Waals surface area contributed by atoms with Crippen LogP contribution in [0.4, 0.5) is 0 Å². The Kier molecular flexibility index (Phi) is 3.00. The zero-order chi connectivity index (χ0) is 11.5. The summed E-state index contributed by atoms with van der Waals surface area (Å²) in [6, 6.07) is 5.19. The molecule has 6 heteroatoms. The van der Waals surface area contributed by atoms with Gasteiger partial charge in [0.1, 0.15) is 0 Å². The minimum atomic E-state index is -0.464. The van der Waals surface area contributed by atoms with Gasteiger partial charge < -0.3 is 4.74 Å². The second-order valence-corrected chi connectivity index (χ2v) is 3.89. The van der Waals surface area contributed by atoms with Crippen molar-refractivity contribution in [3.05, 3.63) is 40.8 Å². The number of aromatic nitrogens is 3. The zero-order valence-corrected chi connectivity index (χ0v) is 10.0. The number of rotatable bonds is 2. The number of carbonyl (C=O) groups excluding carboxylic acids is 1. The van der Waals surface area contributed by atoms with Gasteiger partial charge in [-0.25, -0.2) is 14.5 Å². The maximum absolute atomic E-state index is 11.2. The van der Waals surface area contributed by atoms with Crippen LogP contribution in [0.25, 0.3) is 5.82 Å². The van der Waals surface area contributed by atoms with Gasteiger partial charge in [-0.1, -0.05) is 15.9 Å². The van der Waals surface area contributed by atoms with Crippen molar-refractivity contribution in [1.82, 2.24) is 14.8 Å². The van der Waals surface area contributed by atoms with Gasteiger partial charge in [-0.05, 0) is 18.2 Å². The van der Waals surface area contributed by atoms with E-state index in [1.54, 1.807) is 24.5 Å². The first-order valence-electron chi connectivity index (χ1n) is 4.46. The Morgan fingerprint density at radius 2 is 2.31 bits per heavy atom. The molecule has 0 aliphatic heterocycles. The average molecular weight is 282 g/mol. The summed E-state index contributed by atoms with van der Waals surface area (Å²) in [7, 11) is 1.32. The molecule has 0 bridgehead atoms. The lowest BCUT2D eigenvalue weighted by Gasteiger charge is -1.99. The van der Waals surface area contributed by atoms with E-state index in [0.29, 0.717) is 5.82 Å². The highest BCUT2D eigenvalue weighted by molar-refractivity contribution is 9.10. The molecule has 0 N–H and O–H groups in total. The quantitative estimate of drug-likeness (QED) is 0.788. The first-order chi connectivity index (χ1) is 7.70. The third kappa shape index (κ3) is 2.11. The van der Waals surface area contributed by atoms with Crippen molar-refractivity contribution >= 4 is 21.9 Å². The first-order valence-corrected chi connectivity index (χ1v) is 5.26. The molecular formula is C10H8BrN3O2. The number of methoxy groups -OCH3 is 1. The molecule has 2 heterocycles. The molecular weight excluding hydrogens is 274 g/mol. The van der Waals surface area contributed by atoms with E-state index < -0.39 is 5.97 Å². The van der Waals surface area contributed by atoms with E-state index in [1.807, 2.05) is 6.07 Å². The Labute approximate surface area is 100 Å². The molecule has 0 amide bonds. The summed E-state index contributed by atoms with van der Waals surface area (Å²) in [5, 5.41) is 4.05. The minimum Gasteiger partial charge on any atom is -0.464 e. The van der Waals surface area contributed by atoms with E-state index in [9.17, 15) is 4.79 Å². The highest BCUT2D eigenvalue weighted by Gasteiger charge is 2.10. The van der Waals surface area contributed by atoms with Gasteiger partial charge in [0.05, 0.1) is 7.11 Å².